The van der Waals surface area contributed by atoms with Crippen LogP contribution in [0.25, 0.3) is 0 Å². The summed E-state index contributed by atoms with van der Waals surface area (Å²) in [4.78, 5) is 11.9. The summed E-state index contributed by atoms with van der Waals surface area (Å²) in [6.07, 6.45) is 0.342. The number of carbonyl (C=O) groups excluding carboxylic acids is 1. The third-order valence-electron chi connectivity index (χ3n) is 3.44. The number of halogens is 2. The zero-order chi connectivity index (χ0) is 16.9. The second-order valence-electron chi connectivity index (χ2n) is 5.32. The molecular weight excluding hydrogens is 351 g/mol. The Labute approximate surface area is 149 Å². The van der Waals surface area contributed by atoms with Gasteiger partial charge in [0.05, 0.1) is 0 Å². The van der Waals surface area contributed by atoms with Crippen molar-refractivity contribution < 1.29 is 14.3 Å². The van der Waals surface area contributed by atoms with E-state index in [-0.39, 0.29) is 12.7 Å². The van der Waals surface area contributed by atoms with Gasteiger partial charge in [-0.1, -0.05) is 29.3 Å². The van der Waals surface area contributed by atoms with Gasteiger partial charge in [0, 0.05) is 35.2 Å². The number of carbonyl (C=O) groups is 1. The van der Waals surface area contributed by atoms with E-state index >= 15 is 0 Å². The Morgan fingerprint density at radius 1 is 1.04 bits per heavy atom. The van der Waals surface area contributed by atoms with Gasteiger partial charge in [-0.3, -0.25) is 4.79 Å². The van der Waals surface area contributed by atoms with E-state index in [0.717, 1.165) is 17.1 Å². The molecule has 0 aliphatic carbocycles. The van der Waals surface area contributed by atoms with Crippen molar-refractivity contribution in [3.8, 4) is 11.5 Å². The Morgan fingerprint density at radius 3 is 2.58 bits per heavy atom. The summed E-state index contributed by atoms with van der Waals surface area (Å²) in [5, 5.41) is 6.96. The van der Waals surface area contributed by atoms with Gasteiger partial charge >= 0.3 is 0 Å². The molecule has 0 saturated heterocycles. The van der Waals surface area contributed by atoms with Crippen LogP contribution >= 0.6 is 23.2 Å². The average Bonchev–Trinajstić information content (AvgIpc) is 2.98. The fourth-order valence-corrected chi connectivity index (χ4v) is 2.86. The summed E-state index contributed by atoms with van der Waals surface area (Å²) in [6.45, 7) is 1.46. The maximum atomic E-state index is 11.9. The molecule has 7 heteroatoms. The van der Waals surface area contributed by atoms with E-state index in [0.29, 0.717) is 35.2 Å². The smallest absolute Gasteiger partial charge is 0.231 e. The van der Waals surface area contributed by atoms with Crippen LogP contribution in [0.5, 0.6) is 11.5 Å². The lowest BCUT2D eigenvalue weighted by Gasteiger charge is -2.08. The van der Waals surface area contributed by atoms with Crippen LogP contribution in [0, 0.1) is 0 Å². The molecule has 5 nitrogen and oxygen atoms in total. The van der Waals surface area contributed by atoms with Gasteiger partial charge in [-0.15, -0.1) is 0 Å². The number of fused-ring (bicyclic) bond motifs is 1. The molecule has 0 atom stereocenters. The summed E-state index contributed by atoms with van der Waals surface area (Å²) in [5.74, 6) is 1.41. The molecule has 0 radical (unpaired) electrons. The van der Waals surface area contributed by atoms with Crippen LogP contribution in [0.15, 0.2) is 36.4 Å². The molecule has 3 rings (SSSR count). The van der Waals surface area contributed by atoms with Crippen molar-refractivity contribution in [3.05, 3.63) is 52.0 Å². The monoisotopic (exact) mass is 366 g/mol. The number of rotatable bonds is 6. The van der Waals surface area contributed by atoms with Crippen molar-refractivity contribution >= 4 is 34.8 Å². The summed E-state index contributed by atoms with van der Waals surface area (Å²) in [7, 11) is 0. The van der Waals surface area contributed by atoms with E-state index in [9.17, 15) is 4.79 Å². The lowest BCUT2D eigenvalue weighted by molar-refractivity contribution is -0.116. The molecule has 1 aliphatic heterocycles. The van der Waals surface area contributed by atoms with E-state index in [4.69, 9.17) is 32.7 Å². The molecule has 0 bridgehead atoms. The predicted octanol–water partition coefficient (Wildman–Crippen LogP) is 3.84. The average molecular weight is 367 g/mol. The minimum Gasteiger partial charge on any atom is -0.454 e. The number of anilines is 1. The number of hydrogen-bond donors (Lipinski definition) is 2. The molecule has 2 N–H and O–H groups in total. The standard InChI is InChI=1S/C17H16Cl2N2O3/c18-12-6-13(19)8-14(7-12)21-17(22)3-4-20-9-11-1-2-15-16(5-11)24-10-23-15/h1-2,5-8,20H,3-4,9-10H2,(H,21,22). The summed E-state index contributed by atoms with van der Waals surface area (Å²) in [5.41, 5.74) is 1.66. The van der Waals surface area contributed by atoms with Crippen LogP contribution in [0.1, 0.15) is 12.0 Å². The maximum Gasteiger partial charge on any atom is 0.231 e. The van der Waals surface area contributed by atoms with Crippen molar-refractivity contribution in [1.29, 1.82) is 0 Å². The first kappa shape index (κ1) is 16.9. The van der Waals surface area contributed by atoms with E-state index in [1.54, 1.807) is 18.2 Å². The molecule has 1 amide bonds. The highest BCUT2D eigenvalue weighted by Crippen LogP contribution is 2.32. The number of benzene rings is 2. The van der Waals surface area contributed by atoms with Gasteiger partial charge in [0.2, 0.25) is 12.7 Å². The van der Waals surface area contributed by atoms with Gasteiger partial charge in [-0.25, -0.2) is 0 Å². The van der Waals surface area contributed by atoms with Crippen LogP contribution in [0.2, 0.25) is 10.0 Å². The highest BCUT2D eigenvalue weighted by Gasteiger charge is 2.12. The minimum atomic E-state index is -0.105. The van der Waals surface area contributed by atoms with Crippen molar-refractivity contribution in [1.82, 2.24) is 5.32 Å². The van der Waals surface area contributed by atoms with Crippen molar-refractivity contribution in [2.24, 2.45) is 0 Å². The van der Waals surface area contributed by atoms with Crippen LogP contribution < -0.4 is 20.1 Å². The van der Waals surface area contributed by atoms with Crippen LogP contribution in [-0.4, -0.2) is 19.2 Å². The third-order valence-corrected chi connectivity index (χ3v) is 3.88. The van der Waals surface area contributed by atoms with Crippen LogP contribution in [-0.2, 0) is 11.3 Å². The van der Waals surface area contributed by atoms with Gasteiger partial charge in [-0.2, -0.15) is 0 Å². The Hall–Kier alpha value is -1.95. The highest BCUT2D eigenvalue weighted by atomic mass is 35.5. The lowest BCUT2D eigenvalue weighted by atomic mass is 10.2. The first-order chi connectivity index (χ1) is 11.6. The van der Waals surface area contributed by atoms with E-state index in [2.05, 4.69) is 10.6 Å². The third kappa shape index (κ3) is 4.54. The zero-order valence-electron chi connectivity index (χ0n) is 12.8. The van der Waals surface area contributed by atoms with Crippen molar-refractivity contribution in [2.75, 3.05) is 18.7 Å². The predicted molar refractivity (Wildman–Crippen MR) is 94.0 cm³/mol. The van der Waals surface area contributed by atoms with Crippen LogP contribution in [0.3, 0.4) is 0 Å². The molecule has 2 aromatic carbocycles. The van der Waals surface area contributed by atoms with Gasteiger partial charge < -0.3 is 20.1 Å². The quantitative estimate of drug-likeness (QED) is 0.762. The first-order valence-corrected chi connectivity index (χ1v) is 8.21. The van der Waals surface area contributed by atoms with Crippen molar-refractivity contribution in [2.45, 2.75) is 13.0 Å². The SMILES string of the molecule is O=C(CCNCc1ccc2c(c1)OCO2)Nc1cc(Cl)cc(Cl)c1. The molecular formula is C17H16Cl2N2O3. The van der Waals surface area contributed by atoms with Crippen LogP contribution in [0.4, 0.5) is 5.69 Å². The highest BCUT2D eigenvalue weighted by molar-refractivity contribution is 6.35. The Bertz CT molecular complexity index is 732. The van der Waals surface area contributed by atoms with E-state index < -0.39 is 0 Å². The number of amides is 1. The topological polar surface area (TPSA) is 59.6 Å². The maximum absolute atomic E-state index is 11.9. The summed E-state index contributed by atoms with van der Waals surface area (Å²) in [6, 6.07) is 10.7. The largest absolute Gasteiger partial charge is 0.454 e. The molecule has 2 aromatic rings. The number of ether oxygens (including phenoxy) is 2. The van der Waals surface area contributed by atoms with Gasteiger partial charge in [0.25, 0.3) is 0 Å². The molecule has 24 heavy (non-hydrogen) atoms. The Kier molecular flexibility index (Phi) is 5.45. The zero-order valence-corrected chi connectivity index (χ0v) is 14.3. The Balaban J connectivity index is 1.42. The Morgan fingerprint density at radius 2 is 1.79 bits per heavy atom. The fraction of sp³-hybridized carbons (Fsp3) is 0.235. The molecule has 1 aliphatic rings. The molecule has 126 valence electrons. The molecule has 0 spiro atoms. The van der Waals surface area contributed by atoms with Gasteiger partial charge in [0.15, 0.2) is 11.5 Å². The fourth-order valence-electron chi connectivity index (χ4n) is 2.34. The normalized spacial score (nSPS) is 12.2. The van der Waals surface area contributed by atoms with Crippen molar-refractivity contribution in [3.63, 3.8) is 0 Å². The molecule has 0 saturated carbocycles. The van der Waals surface area contributed by atoms with Gasteiger partial charge in [-0.05, 0) is 35.9 Å². The molecule has 0 fully saturated rings. The first-order valence-electron chi connectivity index (χ1n) is 7.45. The molecule has 0 unspecified atom stereocenters. The van der Waals surface area contributed by atoms with E-state index in [1.165, 1.54) is 0 Å². The minimum absolute atomic E-state index is 0.105. The lowest BCUT2D eigenvalue weighted by Crippen LogP contribution is -2.21. The number of nitrogens with one attached hydrogen (secondary N) is 2. The van der Waals surface area contributed by atoms with Gasteiger partial charge in [0.1, 0.15) is 0 Å². The number of hydrogen-bond acceptors (Lipinski definition) is 4. The second-order valence-corrected chi connectivity index (χ2v) is 6.19. The summed E-state index contributed by atoms with van der Waals surface area (Å²) >= 11 is 11.8. The molecule has 0 aromatic heterocycles. The second kappa shape index (κ2) is 7.75. The summed E-state index contributed by atoms with van der Waals surface area (Å²) < 4.78 is 10.6. The molecule has 1 heterocycles. The van der Waals surface area contributed by atoms with E-state index in [1.807, 2.05) is 18.2 Å².